The molecular formula is C16H17N3O3. The van der Waals surface area contributed by atoms with Gasteiger partial charge in [-0.2, -0.15) is 0 Å². The third kappa shape index (κ3) is 3.33. The van der Waals surface area contributed by atoms with Crippen molar-refractivity contribution in [1.82, 2.24) is 14.5 Å². The molecule has 6 heteroatoms. The minimum atomic E-state index is -0.559. The summed E-state index contributed by atoms with van der Waals surface area (Å²) in [6.45, 7) is 0.487. The Hall–Kier alpha value is -2.63. The molecule has 0 aliphatic heterocycles. The van der Waals surface area contributed by atoms with Crippen molar-refractivity contribution in [2.75, 3.05) is 0 Å². The van der Waals surface area contributed by atoms with Crippen LogP contribution in [0.2, 0.25) is 0 Å². The van der Waals surface area contributed by atoms with Gasteiger partial charge in [-0.3, -0.25) is 19.1 Å². The molecular weight excluding hydrogens is 282 g/mol. The molecule has 114 valence electrons. The molecule has 1 aliphatic rings. The Morgan fingerprint density at radius 1 is 1.18 bits per heavy atom. The molecule has 1 aliphatic carbocycles. The molecule has 0 bridgehead atoms. The van der Waals surface area contributed by atoms with Crippen LogP contribution >= 0.6 is 0 Å². The third-order valence-corrected chi connectivity index (χ3v) is 3.71. The second-order valence-corrected chi connectivity index (χ2v) is 5.48. The molecule has 1 fully saturated rings. The summed E-state index contributed by atoms with van der Waals surface area (Å²) in [6, 6.07) is 11.3. The molecule has 1 heterocycles. The van der Waals surface area contributed by atoms with Gasteiger partial charge in [0.05, 0.1) is 0 Å². The maximum atomic E-state index is 12.5. The Morgan fingerprint density at radius 2 is 1.91 bits per heavy atom. The van der Waals surface area contributed by atoms with Crippen molar-refractivity contribution in [3.8, 4) is 0 Å². The van der Waals surface area contributed by atoms with Crippen LogP contribution in [0.5, 0.6) is 0 Å². The smallest absolute Gasteiger partial charge is 0.328 e. The molecule has 22 heavy (non-hydrogen) atoms. The monoisotopic (exact) mass is 299 g/mol. The Labute approximate surface area is 127 Å². The Bertz CT molecular complexity index is 775. The molecule has 1 N–H and O–H groups in total. The molecule has 0 atom stereocenters. The predicted molar refractivity (Wildman–Crippen MR) is 81.3 cm³/mol. The third-order valence-electron chi connectivity index (χ3n) is 3.71. The van der Waals surface area contributed by atoms with E-state index in [0.29, 0.717) is 6.54 Å². The van der Waals surface area contributed by atoms with Gasteiger partial charge < -0.3 is 4.90 Å². The topological polar surface area (TPSA) is 75.2 Å². The fourth-order valence-electron chi connectivity index (χ4n) is 2.39. The van der Waals surface area contributed by atoms with Crippen molar-refractivity contribution in [3.63, 3.8) is 0 Å². The molecule has 1 aromatic heterocycles. The highest BCUT2D eigenvalue weighted by Gasteiger charge is 2.32. The maximum Gasteiger partial charge on any atom is 0.328 e. The van der Waals surface area contributed by atoms with E-state index in [-0.39, 0.29) is 18.5 Å². The number of hydrogen-bond acceptors (Lipinski definition) is 3. The molecule has 3 rings (SSSR count). The number of aromatic nitrogens is 2. The number of carbonyl (C=O) groups excluding carboxylic acids is 1. The summed E-state index contributed by atoms with van der Waals surface area (Å²) in [7, 11) is 0. The van der Waals surface area contributed by atoms with Gasteiger partial charge in [-0.1, -0.05) is 30.3 Å². The number of aromatic amines is 1. The van der Waals surface area contributed by atoms with Gasteiger partial charge in [-0.05, 0) is 18.4 Å². The van der Waals surface area contributed by atoms with E-state index >= 15 is 0 Å². The van der Waals surface area contributed by atoms with Crippen molar-refractivity contribution in [1.29, 1.82) is 0 Å². The van der Waals surface area contributed by atoms with E-state index in [2.05, 4.69) is 4.98 Å². The summed E-state index contributed by atoms with van der Waals surface area (Å²) >= 11 is 0. The Kier molecular flexibility index (Phi) is 3.91. The number of nitrogens with one attached hydrogen (secondary N) is 1. The maximum absolute atomic E-state index is 12.5. The van der Waals surface area contributed by atoms with E-state index in [4.69, 9.17) is 0 Å². The van der Waals surface area contributed by atoms with Crippen molar-refractivity contribution in [2.45, 2.75) is 32.0 Å². The Balaban J connectivity index is 1.75. The van der Waals surface area contributed by atoms with Crippen molar-refractivity contribution in [3.05, 3.63) is 69.0 Å². The van der Waals surface area contributed by atoms with Crippen LogP contribution in [0, 0.1) is 0 Å². The fourth-order valence-corrected chi connectivity index (χ4v) is 2.39. The van der Waals surface area contributed by atoms with Gasteiger partial charge in [0.15, 0.2) is 0 Å². The summed E-state index contributed by atoms with van der Waals surface area (Å²) in [5, 5.41) is 0. The average Bonchev–Trinajstić information content (AvgIpc) is 3.33. The van der Waals surface area contributed by atoms with Gasteiger partial charge in [0, 0.05) is 24.8 Å². The SMILES string of the molecule is O=C(Cn1ccc(=O)[nH]c1=O)N(Cc1ccccc1)C1CC1. The zero-order chi connectivity index (χ0) is 15.5. The number of H-pyrrole nitrogens is 1. The first kappa shape index (κ1) is 14.3. The van der Waals surface area contributed by atoms with Gasteiger partial charge >= 0.3 is 5.69 Å². The van der Waals surface area contributed by atoms with Crippen LogP contribution in [0.3, 0.4) is 0 Å². The van der Waals surface area contributed by atoms with Crippen LogP contribution < -0.4 is 11.2 Å². The predicted octanol–water partition coefficient (Wildman–Crippen LogP) is 0.728. The molecule has 0 saturated heterocycles. The van der Waals surface area contributed by atoms with Crippen LogP contribution in [0.15, 0.2) is 52.2 Å². The molecule has 0 radical (unpaired) electrons. The van der Waals surface area contributed by atoms with Gasteiger partial charge in [0.2, 0.25) is 5.91 Å². The molecule has 1 amide bonds. The van der Waals surface area contributed by atoms with Crippen molar-refractivity contribution < 1.29 is 4.79 Å². The lowest BCUT2D eigenvalue weighted by molar-refractivity contribution is -0.133. The van der Waals surface area contributed by atoms with Crippen molar-refractivity contribution in [2.24, 2.45) is 0 Å². The van der Waals surface area contributed by atoms with Gasteiger partial charge in [0.1, 0.15) is 6.54 Å². The summed E-state index contributed by atoms with van der Waals surface area (Å²) in [5.41, 5.74) is 0.0462. The second kappa shape index (κ2) is 6.01. The summed E-state index contributed by atoms with van der Waals surface area (Å²) in [5.74, 6) is -0.111. The molecule has 0 unspecified atom stereocenters. The lowest BCUT2D eigenvalue weighted by Crippen LogP contribution is -2.39. The number of carbonyl (C=O) groups is 1. The van der Waals surface area contributed by atoms with Crippen LogP contribution in [-0.4, -0.2) is 26.4 Å². The first-order chi connectivity index (χ1) is 10.6. The van der Waals surface area contributed by atoms with E-state index in [0.717, 1.165) is 18.4 Å². The van der Waals surface area contributed by atoms with E-state index in [9.17, 15) is 14.4 Å². The summed E-state index contributed by atoms with van der Waals surface area (Å²) < 4.78 is 1.23. The van der Waals surface area contributed by atoms with Crippen LogP contribution in [-0.2, 0) is 17.9 Å². The zero-order valence-electron chi connectivity index (χ0n) is 12.1. The number of rotatable bonds is 5. The fraction of sp³-hybridized carbons (Fsp3) is 0.312. The van der Waals surface area contributed by atoms with E-state index in [1.54, 1.807) is 0 Å². The van der Waals surface area contributed by atoms with Crippen LogP contribution in [0.25, 0.3) is 0 Å². The van der Waals surface area contributed by atoms with Gasteiger partial charge in [0.25, 0.3) is 5.56 Å². The molecule has 6 nitrogen and oxygen atoms in total. The van der Waals surface area contributed by atoms with Crippen LogP contribution in [0.4, 0.5) is 0 Å². The van der Waals surface area contributed by atoms with Gasteiger partial charge in [-0.25, -0.2) is 4.79 Å². The highest BCUT2D eigenvalue weighted by molar-refractivity contribution is 5.76. The Morgan fingerprint density at radius 3 is 2.55 bits per heavy atom. The highest BCUT2D eigenvalue weighted by Crippen LogP contribution is 2.28. The second-order valence-electron chi connectivity index (χ2n) is 5.48. The van der Waals surface area contributed by atoms with Gasteiger partial charge in [-0.15, -0.1) is 0 Å². The average molecular weight is 299 g/mol. The zero-order valence-corrected chi connectivity index (χ0v) is 12.1. The number of hydrogen-bond donors (Lipinski definition) is 1. The minimum absolute atomic E-state index is 0.0566. The summed E-state index contributed by atoms with van der Waals surface area (Å²) in [6.07, 6.45) is 3.35. The molecule has 0 spiro atoms. The molecule has 2 aromatic rings. The standard InChI is InChI=1S/C16H17N3O3/c20-14-8-9-18(16(22)17-14)11-15(21)19(13-6-7-13)10-12-4-2-1-3-5-12/h1-5,8-9,13H,6-7,10-11H2,(H,17,20,22). The number of amides is 1. The first-order valence-corrected chi connectivity index (χ1v) is 7.26. The van der Waals surface area contributed by atoms with E-state index < -0.39 is 11.2 Å². The first-order valence-electron chi connectivity index (χ1n) is 7.26. The molecule has 1 saturated carbocycles. The van der Waals surface area contributed by atoms with E-state index in [1.165, 1.54) is 16.8 Å². The number of benzene rings is 1. The molecule has 1 aromatic carbocycles. The highest BCUT2D eigenvalue weighted by atomic mass is 16.2. The van der Waals surface area contributed by atoms with E-state index in [1.807, 2.05) is 35.2 Å². The summed E-state index contributed by atoms with van der Waals surface area (Å²) in [4.78, 5) is 39.2. The number of nitrogens with zero attached hydrogens (tertiary/aromatic N) is 2. The minimum Gasteiger partial charge on any atom is -0.334 e. The normalized spacial score (nSPS) is 13.8. The lowest BCUT2D eigenvalue weighted by Gasteiger charge is -2.23. The van der Waals surface area contributed by atoms with Crippen LogP contribution in [0.1, 0.15) is 18.4 Å². The lowest BCUT2D eigenvalue weighted by atomic mass is 10.2. The van der Waals surface area contributed by atoms with Crippen molar-refractivity contribution >= 4 is 5.91 Å². The largest absolute Gasteiger partial charge is 0.334 e. The quantitative estimate of drug-likeness (QED) is 0.884.